The van der Waals surface area contributed by atoms with Crippen molar-refractivity contribution in [3.8, 4) is 5.69 Å². The first-order valence-corrected chi connectivity index (χ1v) is 11.0. The molecule has 1 unspecified atom stereocenters. The Morgan fingerprint density at radius 1 is 1.38 bits per heavy atom. The summed E-state index contributed by atoms with van der Waals surface area (Å²) in [5, 5.41) is 7.41. The zero-order valence-corrected chi connectivity index (χ0v) is 17.3. The van der Waals surface area contributed by atoms with E-state index in [9.17, 15) is 4.79 Å². The number of nitrogens with zero attached hydrogens (tertiary/aromatic N) is 2. The molecule has 0 saturated carbocycles. The van der Waals surface area contributed by atoms with Crippen LogP contribution in [0.1, 0.15) is 39.0 Å². The lowest BCUT2D eigenvalue weighted by atomic mass is 9.97. The molecule has 1 atom stereocenters. The van der Waals surface area contributed by atoms with E-state index in [1.54, 1.807) is 4.68 Å². The zero-order chi connectivity index (χ0) is 18.4. The summed E-state index contributed by atoms with van der Waals surface area (Å²) < 4.78 is 3.26. The van der Waals surface area contributed by atoms with Crippen LogP contribution in [0, 0.1) is 3.95 Å². The summed E-state index contributed by atoms with van der Waals surface area (Å²) in [6.45, 7) is 2.63. The standard InChI is InChI=1S/C19H23N3OS3/c1-14(17(23)20-13-12-15-8-4-2-5-9-15)25-18-21-22(19(24)26-18)16-10-6-3-7-11-16/h3,6-8,10-11,14H,2,4-5,9,12-13H2,1H3,(H,20,23). The van der Waals surface area contributed by atoms with E-state index >= 15 is 0 Å². The van der Waals surface area contributed by atoms with Gasteiger partial charge in [0.25, 0.3) is 0 Å². The molecule has 1 amide bonds. The molecule has 0 fully saturated rings. The number of thioether (sulfide) groups is 1. The quantitative estimate of drug-likeness (QED) is 0.393. The maximum atomic E-state index is 12.3. The Hall–Kier alpha value is -1.44. The van der Waals surface area contributed by atoms with Gasteiger partial charge in [-0.2, -0.15) is 0 Å². The second-order valence-electron chi connectivity index (χ2n) is 6.29. The highest BCUT2D eigenvalue weighted by atomic mass is 32.2. The number of benzene rings is 1. The second kappa shape index (κ2) is 9.48. The molecule has 1 aromatic heterocycles. The van der Waals surface area contributed by atoms with Crippen LogP contribution in [-0.2, 0) is 4.79 Å². The first kappa shape index (κ1) is 19.3. The molecule has 1 N–H and O–H groups in total. The van der Waals surface area contributed by atoms with Gasteiger partial charge in [-0.25, -0.2) is 4.68 Å². The van der Waals surface area contributed by atoms with Crippen molar-refractivity contribution in [2.45, 2.75) is 48.6 Å². The predicted octanol–water partition coefficient (Wildman–Crippen LogP) is 5.15. The molecule has 2 aromatic rings. The number of hydrogen-bond acceptors (Lipinski definition) is 5. The minimum Gasteiger partial charge on any atom is -0.355 e. The SMILES string of the molecule is CC(Sc1nn(-c2ccccc2)c(=S)s1)C(=O)NCCC1=CCCCC1. The fourth-order valence-corrected chi connectivity index (χ4v) is 5.40. The van der Waals surface area contributed by atoms with E-state index in [0.717, 1.165) is 16.4 Å². The monoisotopic (exact) mass is 405 g/mol. The van der Waals surface area contributed by atoms with E-state index in [-0.39, 0.29) is 11.2 Å². The van der Waals surface area contributed by atoms with E-state index < -0.39 is 0 Å². The highest BCUT2D eigenvalue weighted by molar-refractivity contribution is 8.02. The molecule has 26 heavy (non-hydrogen) atoms. The van der Waals surface area contributed by atoms with E-state index in [1.807, 2.05) is 37.3 Å². The third-order valence-electron chi connectivity index (χ3n) is 4.31. The molecule has 0 saturated heterocycles. The van der Waals surface area contributed by atoms with Crippen molar-refractivity contribution in [2.75, 3.05) is 6.54 Å². The maximum Gasteiger partial charge on any atom is 0.233 e. The number of nitrogens with one attached hydrogen (secondary N) is 1. The first-order valence-electron chi connectivity index (χ1n) is 8.91. The normalized spacial score (nSPS) is 15.3. The summed E-state index contributed by atoms with van der Waals surface area (Å²) in [7, 11) is 0. The summed E-state index contributed by atoms with van der Waals surface area (Å²) in [4.78, 5) is 12.3. The van der Waals surface area contributed by atoms with Gasteiger partial charge in [-0.15, -0.1) is 5.10 Å². The molecule has 1 heterocycles. The van der Waals surface area contributed by atoms with Crippen LogP contribution in [-0.4, -0.2) is 27.5 Å². The topological polar surface area (TPSA) is 46.9 Å². The molecule has 4 nitrogen and oxygen atoms in total. The van der Waals surface area contributed by atoms with Crippen LogP contribution in [0.4, 0.5) is 0 Å². The number of amides is 1. The molecular formula is C19H23N3OS3. The van der Waals surface area contributed by atoms with Gasteiger partial charge in [0.05, 0.1) is 10.9 Å². The number of carbonyl (C=O) groups is 1. The first-order chi connectivity index (χ1) is 12.6. The van der Waals surface area contributed by atoms with Crippen molar-refractivity contribution in [1.29, 1.82) is 0 Å². The van der Waals surface area contributed by atoms with Crippen LogP contribution in [0.3, 0.4) is 0 Å². The number of aromatic nitrogens is 2. The van der Waals surface area contributed by atoms with Gasteiger partial charge in [0.1, 0.15) is 0 Å². The molecule has 0 radical (unpaired) electrons. The Labute approximate surface area is 167 Å². The molecule has 7 heteroatoms. The highest BCUT2D eigenvalue weighted by Crippen LogP contribution is 2.27. The lowest BCUT2D eigenvalue weighted by molar-refractivity contribution is -0.120. The van der Waals surface area contributed by atoms with Crippen molar-refractivity contribution in [2.24, 2.45) is 0 Å². The van der Waals surface area contributed by atoms with Gasteiger partial charge in [0, 0.05) is 6.54 Å². The van der Waals surface area contributed by atoms with E-state index in [2.05, 4.69) is 16.5 Å². The summed E-state index contributed by atoms with van der Waals surface area (Å²) in [5.41, 5.74) is 2.43. The van der Waals surface area contributed by atoms with Gasteiger partial charge < -0.3 is 5.32 Å². The predicted molar refractivity (Wildman–Crippen MR) is 112 cm³/mol. The van der Waals surface area contributed by atoms with Crippen LogP contribution < -0.4 is 5.32 Å². The Morgan fingerprint density at radius 3 is 2.92 bits per heavy atom. The van der Waals surface area contributed by atoms with Crippen LogP contribution >= 0.6 is 35.3 Å². The third-order valence-corrected chi connectivity index (χ3v) is 6.72. The van der Waals surface area contributed by atoms with Gasteiger partial charge in [0.15, 0.2) is 8.29 Å². The highest BCUT2D eigenvalue weighted by Gasteiger charge is 2.17. The van der Waals surface area contributed by atoms with Crippen LogP contribution in [0.15, 0.2) is 46.3 Å². The van der Waals surface area contributed by atoms with Gasteiger partial charge in [0.2, 0.25) is 5.91 Å². The Kier molecular flexibility index (Phi) is 7.05. The Balaban J connectivity index is 1.52. The van der Waals surface area contributed by atoms with Crippen LogP contribution in [0.5, 0.6) is 0 Å². The zero-order valence-electron chi connectivity index (χ0n) is 14.8. The Bertz CT molecular complexity index is 826. The lowest BCUT2D eigenvalue weighted by Gasteiger charge is -2.14. The molecule has 1 aliphatic rings. The number of hydrogen-bond donors (Lipinski definition) is 1. The van der Waals surface area contributed by atoms with Crippen molar-refractivity contribution < 1.29 is 4.79 Å². The van der Waals surface area contributed by atoms with Crippen molar-refractivity contribution >= 4 is 41.2 Å². The number of para-hydroxylation sites is 1. The summed E-state index contributed by atoms with van der Waals surface area (Å²) >= 11 is 8.32. The third kappa shape index (κ3) is 5.28. The minimum absolute atomic E-state index is 0.0544. The molecule has 1 aliphatic carbocycles. The number of rotatable bonds is 7. The molecule has 0 bridgehead atoms. The maximum absolute atomic E-state index is 12.3. The minimum atomic E-state index is -0.194. The fourth-order valence-electron chi connectivity index (χ4n) is 2.87. The van der Waals surface area contributed by atoms with Gasteiger partial charge >= 0.3 is 0 Å². The molecule has 1 aromatic carbocycles. The number of allylic oxidation sites excluding steroid dienone is 1. The molecule has 138 valence electrons. The van der Waals surface area contributed by atoms with E-state index in [4.69, 9.17) is 12.2 Å². The average Bonchev–Trinajstić information content (AvgIpc) is 3.03. The van der Waals surface area contributed by atoms with Crippen molar-refractivity contribution in [1.82, 2.24) is 15.1 Å². The molecular weight excluding hydrogens is 382 g/mol. The molecule has 0 spiro atoms. The lowest BCUT2D eigenvalue weighted by Crippen LogP contribution is -2.31. The summed E-state index contributed by atoms with van der Waals surface area (Å²) in [6.07, 6.45) is 8.23. The smallest absolute Gasteiger partial charge is 0.233 e. The van der Waals surface area contributed by atoms with E-state index in [1.165, 1.54) is 54.4 Å². The van der Waals surface area contributed by atoms with Crippen molar-refractivity contribution in [3.05, 3.63) is 45.9 Å². The summed E-state index contributed by atoms with van der Waals surface area (Å²) in [6, 6.07) is 9.83. The average molecular weight is 406 g/mol. The van der Waals surface area contributed by atoms with E-state index in [0.29, 0.717) is 10.5 Å². The molecule has 3 rings (SSSR count). The van der Waals surface area contributed by atoms with Gasteiger partial charge in [-0.3, -0.25) is 4.79 Å². The summed E-state index contributed by atoms with van der Waals surface area (Å²) in [5.74, 6) is 0.0544. The largest absolute Gasteiger partial charge is 0.355 e. The van der Waals surface area contributed by atoms with Gasteiger partial charge in [-0.05, 0) is 63.4 Å². The van der Waals surface area contributed by atoms with Crippen LogP contribution in [0.2, 0.25) is 0 Å². The van der Waals surface area contributed by atoms with Crippen molar-refractivity contribution in [3.63, 3.8) is 0 Å². The Morgan fingerprint density at radius 2 is 2.19 bits per heavy atom. The number of carbonyl (C=O) groups excluding carboxylic acids is 1. The molecule has 0 aliphatic heterocycles. The fraction of sp³-hybridized carbons (Fsp3) is 0.421. The second-order valence-corrected chi connectivity index (χ2v) is 9.50. The van der Waals surface area contributed by atoms with Crippen LogP contribution in [0.25, 0.3) is 5.69 Å². The van der Waals surface area contributed by atoms with Gasteiger partial charge in [-0.1, -0.05) is 52.9 Å².